The number of nitrogens with one attached hydrogen (secondary N) is 1. The van der Waals surface area contributed by atoms with Crippen molar-refractivity contribution in [2.75, 3.05) is 0 Å². The molecule has 1 aliphatic carbocycles. The topological polar surface area (TPSA) is 72.2 Å². The Morgan fingerprint density at radius 3 is 2.84 bits per heavy atom. The molecule has 1 aromatic rings. The minimum Gasteiger partial charge on any atom is -0.349 e. The average molecular weight is 264 g/mol. The number of benzene rings is 1. The molecule has 1 atom stereocenters. The largest absolute Gasteiger partial charge is 0.349 e. The summed E-state index contributed by atoms with van der Waals surface area (Å²) < 4.78 is 13.5. The van der Waals surface area contributed by atoms with Gasteiger partial charge < -0.3 is 5.32 Å². The first kappa shape index (κ1) is 13.2. The van der Waals surface area contributed by atoms with Gasteiger partial charge in [0.05, 0.1) is 10.5 Å². The Morgan fingerprint density at radius 1 is 1.42 bits per heavy atom. The molecular formula is C13H13FN2O3. The number of hydrogen-bond acceptors (Lipinski definition) is 3. The lowest BCUT2D eigenvalue weighted by Crippen LogP contribution is -2.35. The predicted octanol–water partition coefficient (Wildman–Crippen LogP) is 2.57. The summed E-state index contributed by atoms with van der Waals surface area (Å²) in [5.74, 6) is -1.36. The highest BCUT2D eigenvalue weighted by Gasteiger charge is 2.19. The van der Waals surface area contributed by atoms with Crippen molar-refractivity contribution in [2.24, 2.45) is 0 Å². The minimum absolute atomic E-state index is 0.0452. The molecule has 1 aromatic carbocycles. The Kier molecular flexibility index (Phi) is 3.89. The summed E-state index contributed by atoms with van der Waals surface area (Å²) >= 11 is 0. The first-order valence-corrected chi connectivity index (χ1v) is 5.97. The standard InChI is InChI=1S/C13H13FN2O3/c14-12-7-6-10(16(18)19)8-11(12)13(17)15-9-4-2-1-3-5-9/h1-2,6-9H,3-5H2,(H,15,17). The van der Waals surface area contributed by atoms with Gasteiger partial charge in [-0.2, -0.15) is 0 Å². The summed E-state index contributed by atoms with van der Waals surface area (Å²) in [5, 5.41) is 13.3. The number of carbonyl (C=O) groups is 1. The molecule has 0 spiro atoms. The van der Waals surface area contributed by atoms with E-state index in [2.05, 4.69) is 5.32 Å². The van der Waals surface area contributed by atoms with E-state index in [0.717, 1.165) is 31.0 Å². The van der Waals surface area contributed by atoms with Crippen LogP contribution in [-0.2, 0) is 0 Å². The summed E-state index contributed by atoms with van der Waals surface area (Å²) in [6.45, 7) is 0. The number of allylic oxidation sites excluding steroid dienone is 1. The molecule has 0 radical (unpaired) electrons. The van der Waals surface area contributed by atoms with Crippen molar-refractivity contribution in [3.63, 3.8) is 0 Å². The maximum absolute atomic E-state index is 13.5. The van der Waals surface area contributed by atoms with E-state index in [9.17, 15) is 19.3 Å². The number of nitro groups is 1. The zero-order chi connectivity index (χ0) is 13.8. The second-order valence-electron chi connectivity index (χ2n) is 4.38. The molecule has 1 unspecified atom stereocenters. The highest BCUT2D eigenvalue weighted by Crippen LogP contribution is 2.18. The zero-order valence-corrected chi connectivity index (χ0v) is 10.1. The van der Waals surface area contributed by atoms with Crippen molar-refractivity contribution in [1.82, 2.24) is 5.32 Å². The summed E-state index contributed by atoms with van der Waals surface area (Å²) in [6.07, 6.45) is 6.33. The highest BCUT2D eigenvalue weighted by molar-refractivity contribution is 5.95. The number of non-ortho nitro benzene ring substituents is 1. The van der Waals surface area contributed by atoms with E-state index in [4.69, 9.17) is 0 Å². The van der Waals surface area contributed by atoms with Crippen LogP contribution in [0.5, 0.6) is 0 Å². The Balaban J connectivity index is 2.15. The maximum Gasteiger partial charge on any atom is 0.270 e. The van der Waals surface area contributed by atoms with Gasteiger partial charge in [0.2, 0.25) is 0 Å². The van der Waals surface area contributed by atoms with Crippen molar-refractivity contribution < 1.29 is 14.1 Å². The Bertz CT molecular complexity index is 543. The second-order valence-corrected chi connectivity index (χ2v) is 4.38. The number of rotatable bonds is 3. The van der Waals surface area contributed by atoms with Crippen molar-refractivity contribution in [1.29, 1.82) is 0 Å². The molecule has 2 rings (SSSR count). The van der Waals surface area contributed by atoms with Crippen LogP contribution in [0.2, 0.25) is 0 Å². The number of halogens is 1. The monoisotopic (exact) mass is 264 g/mol. The Morgan fingerprint density at radius 2 is 2.21 bits per heavy atom. The van der Waals surface area contributed by atoms with Crippen molar-refractivity contribution in [2.45, 2.75) is 25.3 Å². The molecule has 1 aliphatic rings. The van der Waals surface area contributed by atoms with E-state index in [0.29, 0.717) is 6.42 Å². The number of nitro benzene ring substituents is 1. The minimum atomic E-state index is -0.755. The predicted molar refractivity (Wildman–Crippen MR) is 67.3 cm³/mol. The van der Waals surface area contributed by atoms with Crippen molar-refractivity contribution >= 4 is 11.6 Å². The van der Waals surface area contributed by atoms with E-state index in [1.165, 1.54) is 0 Å². The summed E-state index contributed by atoms with van der Waals surface area (Å²) in [4.78, 5) is 21.9. The number of amides is 1. The summed E-state index contributed by atoms with van der Waals surface area (Å²) in [6, 6.07) is 2.89. The van der Waals surface area contributed by atoms with E-state index >= 15 is 0 Å². The second kappa shape index (κ2) is 5.60. The van der Waals surface area contributed by atoms with Crippen LogP contribution in [0.4, 0.5) is 10.1 Å². The molecule has 0 aliphatic heterocycles. The maximum atomic E-state index is 13.5. The van der Waals surface area contributed by atoms with Crippen molar-refractivity contribution in [3.05, 3.63) is 51.8 Å². The molecule has 0 heterocycles. The molecule has 1 amide bonds. The average Bonchev–Trinajstić information content (AvgIpc) is 2.40. The summed E-state index contributed by atoms with van der Waals surface area (Å²) in [7, 11) is 0. The van der Waals surface area contributed by atoms with Gasteiger partial charge in [-0.25, -0.2) is 4.39 Å². The van der Waals surface area contributed by atoms with Gasteiger partial charge in [-0.3, -0.25) is 14.9 Å². The molecule has 0 aromatic heterocycles. The van der Waals surface area contributed by atoms with Crippen LogP contribution >= 0.6 is 0 Å². The number of carbonyl (C=O) groups excluding carboxylic acids is 1. The normalized spacial score (nSPS) is 18.1. The lowest BCUT2D eigenvalue weighted by Gasteiger charge is -2.19. The SMILES string of the molecule is O=C(NC1CC=CCC1)c1cc([N+](=O)[O-])ccc1F. The first-order valence-electron chi connectivity index (χ1n) is 5.97. The van der Waals surface area contributed by atoms with Gasteiger partial charge in [0.1, 0.15) is 5.82 Å². The third kappa shape index (κ3) is 3.15. The van der Waals surface area contributed by atoms with Crippen LogP contribution in [0.15, 0.2) is 30.4 Å². The van der Waals surface area contributed by atoms with Gasteiger partial charge in [0.15, 0.2) is 0 Å². The fourth-order valence-electron chi connectivity index (χ4n) is 1.99. The Labute approximate surface area is 109 Å². The quantitative estimate of drug-likeness (QED) is 0.518. The molecule has 0 fully saturated rings. The molecule has 100 valence electrons. The third-order valence-corrected chi connectivity index (χ3v) is 3.01. The van der Waals surface area contributed by atoms with Crippen LogP contribution in [-0.4, -0.2) is 16.9 Å². The van der Waals surface area contributed by atoms with Gasteiger partial charge in [0.25, 0.3) is 11.6 Å². The lowest BCUT2D eigenvalue weighted by atomic mass is 10.0. The molecule has 1 N–H and O–H groups in total. The molecule has 0 saturated carbocycles. The van der Waals surface area contributed by atoms with Crippen LogP contribution in [0.25, 0.3) is 0 Å². The van der Waals surface area contributed by atoms with E-state index < -0.39 is 16.6 Å². The Hall–Kier alpha value is -2.24. The molecule has 6 heteroatoms. The van der Waals surface area contributed by atoms with Crippen LogP contribution in [0.1, 0.15) is 29.6 Å². The van der Waals surface area contributed by atoms with Crippen LogP contribution in [0.3, 0.4) is 0 Å². The fraction of sp³-hybridized carbons (Fsp3) is 0.308. The first-order chi connectivity index (χ1) is 9.08. The van der Waals surface area contributed by atoms with Gasteiger partial charge in [0, 0.05) is 18.2 Å². The van der Waals surface area contributed by atoms with Crippen molar-refractivity contribution in [3.8, 4) is 0 Å². The van der Waals surface area contributed by atoms with E-state index in [1.807, 2.05) is 12.2 Å². The smallest absolute Gasteiger partial charge is 0.270 e. The van der Waals surface area contributed by atoms with Crippen LogP contribution in [0, 0.1) is 15.9 Å². The van der Waals surface area contributed by atoms with Crippen LogP contribution < -0.4 is 5.32 Å². The number of hydrogen-bond donors (Lipinski definition) is 1. The molecular weight excluding hydrogens is 251 g/mol. The highest BCUT2D eigenvalue weighted by atomic mass is 19.1. The summed E-state index contributed by atoms with van der Waals surface area (Å²) in [5.41, 5.74) is -0.584. The third-order valence-electron chi connectivity index (χ3n) is 3.01. The fourth-order valence-corrected chi connectivity index (χ4v) is 1.99. The molecule has 19 heavy (non-hydrogen) atoms. The molecule has 5 nitrogen and oxygen atoms in total. The van der Waals surface area contributed by atoms with E-state index in [-0.39, 0.29) is 17.3 Å². The van der Waals surface area contributed by atoms with Gasteiger partial charge in [-0.1, -0.05) is 12.2 Å². The molecule has 0 bridgehead atoms. The lowest BCUT2D eigenvalue weighted by molar-refractivity contribution is -0.384. The van der Waals surface area contributed by atoms with E-state index in [1.54, 1.807) is 0 Å². The van der Waals surface area contributed by atoms with Gasteiger partial charge in [-0.05, 0) is 25.3 Å². The number of nitrogens with zero attached hydrogens (tertiary/aromatic N) is 1. The van der Waals surface area contributed by atoms with Gasteiger partial charge in [-0.15, -0.1) is 0 Å². The molecule has 0 saturated heterocycles. The zero-order valence-electron chi connectivity index (χ0n) is 10.1. The van der Waals surface area contributed by atoms with Gasteiger partial charge >= 0.3 is 0 Å².